The van der Waals surface area contributed by atoms with Gasteiger partial charge in [-0.1, -0.05) is 41.4 Å². The number of fused-ring (bicyclic) bond motifs is 7. The molecule has 250 valence electrons. The molecule has 4 aliphatic rings. The largest absolute Gasteiger partial charge is 0.396 e. The number of ketones is 1. The molecule has 4 atom stereocenters. The third-order valence-corrected chi connectivity index (χ3v) is 11.6. The van der Waals surface area contributed by atoms with Crippen LogP contribution in [0.4, 0.5) is 10.1 Å². The number of nitrogens with one attached hydrogen (secondary N) is 1. The minimum absolute atomic E-state index is 0.0215. The van der Waals surface area contributed by atoms with E-state index in [0.717, 1.165) is 23.9 Å². The lowest BCUT2D eigenvalue weighted by Gasteiger charge is -2.40. The molecule has 1 aliphatic carbocycles. The summed E-state index contributed by atoms with van der Waals surface area (Å²) in [5, 5.41) is 33.0. The zero-order valence-electron chi connectivity index (χ0n) is 26.0. The Kier molecular flexibility index (Phi) is 7.70. The number of rotatable bonds is 9. The van der Waals surface area contributed by atoms with E-state index in [1.54, 1.807) is 36.4 Å². The highest BCUT2D eigenvalue weighted by Crippen LogP contribution is 2.64. The molecule has 1 spiro atoms. The normalized spacial score (nSPS) is 25.0. The summed E-state index contributed by atoms with van der Waals surface area (Å²) < 4.78 is 18.5. The molecule has 0 bridgehead atoms. The topological polar surface area (TPSA) is 128 Å². The quantitative estimate of drug-likeness (QED) is 0.177. The Morgan fingerprint density at radius 2 is 1.81 bits per heavy atom. The van der Waals surface area contributed by atoms with Crippen molar-refractivity contribution in [3.63, 3.8) is 0 Å². The number of aliphatic hydroxyl groups excluding tert-OH is 3. The molecule has 0 unspecified atom stereocenters. The van der Waals surface area contributed by atoms with Gasteiger partial charge >= 0.3 is 0 Å². The average Bonchev–Trinajstić information content (AvgIpc) is 3.68. The number of halogens is 3. The van der Waals surface area contributed by atoms with Gasteiger partial charge in [0.1, 0.15) is 17.2 Å². The van der Waals surface area contributed by atoms with Crippen molar-refractivity contribution in [3.8, 4) is 0 Å². The van der Waals surface area contributed by atoms with E-state index in [9.17, 15) is 24.9 Å². The van der Waals surface area contributed by atoms with E-state index in [4.69, 9.17) is 28.2 Å². The molecule has 4 heterocycles. The second-order valence-electron chi connectivity index (χ2n) is 13.9. The van der Waals surface area contributed by atoms with Crippen LogP contribution in [0.3, 0.4) is 0 Å². The Balaban J connectivity index is 1.32. The van der Waals surface area contributed by atoms with Gasteiger partial charge in [0.2, 0.25) is 5.91 Å². The number of likely N-dealkylation sites (tertiary alicyclic amines) is 1. The van der Waals surface area contributed by atoms with E-state index in [-0.39, 0.29) is 29.2 Å². The van der Waals surface area contributed by atoms with Crippen molar-refractivity contribution in [2.24, 2.45) is 11.3 Å². The lowest BCUT2D eigenvalue weighted by Crippen LogP contribution is -2.53. The molecule has 48 heavy (non-hydrogen) atoms. The third-order valence-electron chi connectivity index (χ3n) is 11.1. The number of amides is 1. The second-order valence-corrected chi connectivity index (χ2v) is 14.8. The summed E-state index contributed by atoms with van der Waals surface area (Å²) in [6.07, 6.45) is 2.58. The predicted octanol–water partition coefficient (Wildman–Crippen LogP) is 5.23. The first-order valence-corrected chi connectivity index (χ1v) is 17.1. The van der Waals surface area contributed by atoms with E-state index >= 15 is 4.39 Å². The minimum atomic E-state index is -1.34. The number of hydrogen-bond donors (Lipinski definition) is 4. The second kappa shape index (κ2) is 11.6. The van der Waals surface area contributed by atoms with Crippen LogP contribution in [0.1, 0.15) is 64.8 Å². The van der Waals surface area contributed by atoms with Crippen molar-refractivity contribution in [1.82, 2.24) is 14.5 Å². The molecular weight excluding hydrogens is 658 g/mol. The van der Waals surface area contributed by atoms with E-state index in [2.05, 4.69) is 14.8 Å². The van der Waals surface area contributed by atoms with Gasteiger partial charge in [-0.25, -0.2) is 9.37 Å². The Bertz CT molecular complexity index is 1970. The van der Waals surface area contributed by atoms with E-state index in [1.807, 2.05) is 12.1 Å². The van der Waals surface area contributed by atoms with Gasteiger partial charge in [-0.3, -0.25) is 14.5 Å². The highest BCUT2D eigenvalue weighted by molar-refractivity contribution is 6.31. The average molecular weight is 694 g/mol. The summed E-state index contributed by atoms with van der Waals surface area (Å²) in [7, 11) is 0. The fourth-order valence-electron chi connectivity index (χ4n) is 8.53. The first-order valence-electron chi connectivity index (χ1n) is 16.3. The molecule has 1 saturated carbocycles. The molecule has 2 fully saturated rings. The van der Waals surface area contributed by atoms with Gasteiger partial charge in [-0.05, 0) is 67.1 Å². The first kappa shape index (κ1) is 31.9. The molecule has 0 radical (unpaired) electrons. The zero-order chi connectivity index (χ0) is 33.5. The number of nitrogens with zero attached hydrogens (tertiary/aromatic N) is 3. The van der Waals surface area contributed by atoms with Crippen molar-refractivity contribution < 1.29 is 29.3 Å². The van der Waals surface area contributed by atoms with E-state index in [1.165, 1.54) is 6.07 Å². The first-order chi connectivity index (χ1) is 23.2. The van der Waals surface area contributed by atoms with E-state index in [0.29, 0.717) is 58.6 Å². The monoisotopic (exact) mass is 692 g/mol. The fourth-order valence-corrected chi connectivity index (χ4v) is 8.88. The minimum Gasteiger partial charge on any atom is -0.396 e. The molecule has 12 heteroatoms. The Hall–Kier alpha value is -3.38. The summed E-state index contributed by atoms with van der Waals surface area (Å²) in [5.41, 5.74) is 0.840. The van der Waals surface area contributed by atoms with Crippen LogP contribution in [0.15, 0.2) is 54.6 Å². The van der Waals surface area contributed by atoms with Gasteiger partial charge in [-0.2, -0.15) is 0 Å². The van der Waals surface area contributed by atoms with Crippen LogP contribution in [0, 0.1) is 17.2 Å². The molecule has 1 amide bonds. The summed E-state index contributed by atoms with van der Waals surface area (Å²) in [6.45, 7) is -0.339. The van der Waals surface area contributed by atoms with Crippen LogP contribution in [0.25, 0.3) is 11.0 Å². The third kappa shape index (κ3) is 4.60. The number of benzene rings is 3. The van der Waals surface area contributed by atoms with Crippen LogP contribution >= 0.6 is 23.2 Å². The van der Waals surface area contributed by atoms with Gasteiger partial charge in [0, 0.05) is 64.6 Å². The predicted molar refractivity (Wildman–Crippen MR) is 179 cm³/mol. The molecule has 3 aromatic carbocycles. The van der Waals surface area contributed by atoms with Crippen LogP contribution in [-0.2, 0) is 16.9 Å². The number of carbonyl (C=O) groups is 2. The summed E-state index contributed by atoms with van der Waals surface area (Å²) in [4.78, 5) is 35.4. The van der Waals surface area contributed by atoms with E-state index < -0.39 is 48.4 Å². The molecule has 1 aromatic heterocycles. The lowest BCUT2D eigenvalue weighted by molar-refractivity contribution is -0.128. The Morgan fingerprint density at radius 1 is 1.04 bits per heavy atom. The molecule has 3 aliphatic heterocycles. The van der Waals surface area contributed by atoms with Crippen molar-refractivity contribution in [2.75, 3.05) is 31.7 Å². The highest BCUT2D eigenvalue weighted by atomic mass is 35.5. The lowest BCUT2D eigenvalue weighted by atomic mass is 9.70. The van der Waals surface area contributed by atoms with Crippen LogP contribution in [0.5, 0.6) is 0 Å². The van der Waals surface area contributed by atoms with Crippen LogP contribution < -0.4 is 5.32 Å². The standard InChI is InChI=1S/C36H35Cl2FN4O5/c37-21-7-8-23-25(13-21)41-34(48)36(23)31(22-2-1-3-24(38)32(22)39)30-28(43(36)15-19-4-5-19)10-11-42-27-9-6-20(12-26(27)40-33(30)42)29(47)14-35(16-44,17-45)18-46/h1-3,6-9,12-13,19,28,30-31,44-46H,4-5,10-11,14-18H2,(H,41,48)/t28-,30+,31-,36+/m0/s1. The molecular formula is C36H35Cl2FN4O5. The van der Waals surface area contributed by atoms with Crippen molar-refractivity contribution in [2.45, 2.75) is 55.6 Å². The SMILES string of the molecule is O=C(CC(CO)(CO)CO)c1ccc2c(c1)nc1n2CC[C@H]2[C@@H]1[C@H](c1cccc(Cl)c1F)[C@]1(C(=O)Nc3cc(Cl)ccc31)N2CC1CC1. The van der Waals surface area contributed by atoms with Gasteiger partial charge < -0.3 is 25.2 Å². The Morgan fingerprint density at radius 3 is 2.54 bits per heavy atom. The van der Waals surface area contributed by atoms with Crippen LogP contribution in [-0.4, -0.2) is 73.9 Å². The van der Waals surface area contributed by atoms with Crippen LogP contribution in [0.2, 0.25) is 10.0 Å². The van der Waals surface area contributed by atoms with Gasteiger partial charge in [0.05, 0.1) is 35.9 Å². The number of aliphatic hydroxyl groups is 3. The number of aryl methyl sites for hydroxylation is 1. The number of imidazole rings is 1. The van der Waals surface area contributed by atoms with Gasteiger partial charge in [0.15, 0.2) is 5.78 Å². The summed E-state index contributed by atoms with van der Waals surface area (Å²) in [5.74, 6) is -1.10. The maximum Gasteiger partial charge on any atom is 0.250 e. The van der Waals surface area contributed by atoms with Gasteiger partial charge in [0.25, 0.3) is 0 Å². The molecule has 4 N–H and O–H groups in total. The summed E-state index contributed by atoms with van der Waals surface area (Å²) >= 11 is 12.8. The number of hydrogen-bond acceptors (Lipinski definition) is 7. The molecule has 4 aromatic rings. The number of Topliss-reactive ketones (excluding diaryl/α,β-unsaturated/α-hetero) is 1. The number of carbonyl (C=O) groups excluding carboxylic acids is 2. The smallest absolute Gasteiger partial charge is 0.250 e. The maximum atomic E-state index is 16.3. The maximum absolute atomic E-state index is 16.3. The number of anilines is 1. The zero-order valence-corrected chi connectivity index (χ0v) is 27.5. The fraction of sp³-hybridized carbons (Fsp3) is 0.417. The van der Waals surface area contributed by atoms with Crippen molar-refractivity contribution in [1.29, 1.82) is 0 Å². The number of aromatic nitrogens is 2. The summed E-state index contributed by atoms with van der Waals surface area (Å²) in [6, 6.07) is 15.4. The highest BCUT2D eigenvalue weighted by Gasteiger charge is 2.69. The van der Waals surface area contributed by atoms with Crippen molar-refractivity contribution >= 4 is 51.6 Å². The van der Waals surface area contributed by atoms with Gasteiger partial charge in [-0.15, -0.1) is 0 Å². The molecule has 8 rings (SSSR count). The molecule has 9 nitrogen and oxygen atoms in total. The van der Waals surface area contributed by atoms with Crippen molar-refractivity contribution in [3.05, 3.63) is 93.0 Å². The Labute approximate surface area is 286 Å². The molecule has 1 saturated heterocycles.